The predicted molar refractivity (Wildman–Crippen MR) is 91.0 cm³/mol. The molecular weight excluding hydrogens is 372 g/mol. The summed E-state index contributed by atoms with van der Waals surface area (Å²) in [5.41, 5.74) is 0.556. The third-order valence-corrected chi connectivity index (χ3v) is 4.89. The molecule has 0 aliphatic heterocycles. The van der Waals surface area contributed by atoms with Crippen molar-refractivity contribution in [1.29, 1.82) is 0 Å². The molecule has 2 rings (SSSR count). The Morgan fingerprint density at radius 1 is 1.16 bits per heavy atom. The van der Waals surface area contributed by atoms with E-state index < -0.39 is 21.7 Å². The van der Waals surface area contributed by atoms with Gasteiger partial charge in [-0.05, 0) is 36.8 Å². The van der Waals surface area contributed by atoms with E-state index >= 15 is 0 Å². The zero-order chi connectivity index (χ0) is 18.4. The molecule has 2 aromatic rings. The van der Waals surface area contributed by atoms with Crippen molar-refractivity contribution in [2.24, 2.45) is 0 Å². The molecule has 0 saturated carbocycles. The fraction of sp³-hybridized carbons (Fsp3) is 0.176. The second-order valence-corrected chi connectivity index (χ2v) is 7.12. The largest absolute Gasteiger partial charge is 0.478 e. The number of nitrogens with one attached hydrogen (secondary N) is 1. The van der Waals surface area contributed by atoms with E-state index in [2.05, 4.69) is 16.6 Å². The van der Waals surface area contributed by atoms with Crippen LogP contribution in [0, 0.1) is 30.4 Å². The van der Waals surface area contributed by atoms with Crippen LogP contribution in [-0.2, 0) is 10.0 Å². The van der Waals surface area contributed by atoms with E-state index in [4.69, 9.17) is 16.3 Å². The Bertz CT molecular complexity index is 937. The third kappa shape index (κ3) is 5.43. The van der Waals surface area contributed by atoms with Crippen LogP contribution < -0.4 is 9.46 Å². The fourth-order valence-electron chi connectivity index (χ4n) is 1.89. The van der Waals surface area contributed by atoms with Gasteiger partial charge in [0, 0.05) is 11.1 Å². The first-order valence-electron chi connectivity index (χ1n) is 7.09. The predicted octanol–water partition coefficient (Wildman–Crippen LogP) is 3.29. The van der Waals surface area contributed by atoms with Crippen LogP contribution >= 0.6 is 11.6 Å². The van der Waals surface area contributed by atoms with Gasteiger partial charge in [-0.2, -0.15) is 4.72 Å². The van der Waals surface area contributed by atoms with Gasteiger partial charge >= 0.3 is 0 Å². The summed E-state index contributed by atoms with van der Waals surface area (Å²) in [6.07, 6.45) is 0. The monoisotopic (exact) mass is 385 g/mol. The summed E-state index contributed by atoms with van der Waals surface area (Å²) in [4.78, 5) is 0.0754. The second kappa shape index (κ2) is 8.30. The Hall–Kier alpha value is -2.14. The topological polar surface area (TPSA) is 55.4 Å². The van der Waals surface area contributed by atoms with Gasteiger partial charge in [-0.1, -0.05) is 29.5 Å². The minimum Gasteiger partial charge on any atom is -0.478 e. The van der Waals surface area contributed by atoms with Crippen LogP contribution in [-0.4, -0.2) is 21.6 Å². The lowest BCUT2D eigenvalue weighted by molar-refractivity contribution is 0.346. The number of sulfonamides is 1. The minimum atomic E-state index is -3.74. The number of benzene rings is 2. The summed E-state index contributed by atoms with van der Waals surface area (Å²) in [7, 11) is -3.74. The molecule has 1 N–H and O–H groups in total. The molecule has 0 bridgehead atoms. The molecule has 4 nitrogen and oxygen atoms in total. The molecule has 0 amide bonds. The minimum absolute atomic E-state index is 0.0754. The first-order valence-corrected chi connectivity index (χ1v) is 8.95. The van der Waals surface area contributed by atoms with Crippen molar-refractivity contribution >= 4 is 21.6 Å². The van der Waals surface area contributed by atoms with Crippen molar-refractivity contribution in [3.63, 3.8) is 0 Å². The Morgan fingerprint density at radius 2 is 1.92 bits per heavy atom. The second-order valence-electron chi connectivity index (χ2n) is 4.95. The third-order valence-electron chi connectivity index (χ3n) is 3.11. The van der Waals surface area contributed by atoms with Gasteiger partial charge < -0.3 is 4.74 Å². The van der Waals surface area contributed by atoms with Crippen LogP contribution in [0.5, 0.6) is 5.75 Å². The molecule has 25 heavy (non-hydrogen) atoms. The van der Waals surface area contributed by atoms with E-state index in [1.165, 1.54) is 6.07 Å². The van der Waals surface area contributed by atoms with E-state index in [0.29, 0.717) is 16.7 Å². The lowest BCUT2D eigenvalue weighted by Crippen LogP contribution is -2.24. The molecule has 0 radical (unpaired) electrons. The van der Waals surface area contributed by atoms with Crippen LogP contribution in [0.3, 0.4) is 0 Å². The van der Waals surface area contributed by atoms with Gasteiger partial charge in [0.2, 0.25) is 10.0 Å². The maximum absolute atomic E-state index is 13.3. The van der Waals surface area contributed by atoms with Crippen molar-refractivity contribution in [3.05, 3.63) is 58.6 Å². The van der Waals surface area contributed by atoms with Crippen LogP contribution in [0.2, 0.25) is 5.02 Å². The van der Waals surface area contributed by atoms with Crippen LogP contribution in [0.4, 0.5) is 8.78 Å². The number of rotatable bonds is 5. The first-order chi connectivity index (χ1) is 11.8. The lowest BCUT2D eigenvalue weighted by atomic mass is 10.2. The molecule has 0 unspecified atom stereocenters. The van der Waals surface area contributed by atoms with Gasteiger partial charge in [0.1, 0.15) is 12.4 Å². The zero-order valence-electron chi connectivity index (χ0n) is 13.1. The highest BCUT2D eigenvalue weighted by Crippen LogP contribution is 2.20. The standard InChI is InChI=1S/C17H14ClF2NO3S/c1-12-4-5-13(18)10-17(12)25(22,23)21-8-2-3-9-24-16-7-6-14(19)11-15(16)20/h4-7,10-11,21H,8-9H2,1H3. The van der Waals surface area contributed by atoms with E-state index in [1.54, 1.807) is 19.1 Å². The fourth-order valence-corrected chi connectivity index (χ4v) is 3.32. The first kappa shape index (κ1) is 19.2. The van der Waals surface area contributed by atoms with Gasteiger partial charge in [-0.15, -0.1) is 0 Å². The van der Waals surface area contributed by atoms with E-state index in [1.807, 2.05) is 0 Å². The molecule has 2 aromatic carbocycles. The molecular formula is C17H14ClF2NO3S. The SMILES string of the molecule is Cc1ccc(Cl)cc1S(=O)(=O)NCC#CCOc1ccc(F)cc1F. The number of halogens is 3. The highest BCUT2D eigenvalue weighted by atomic mass is 35.5. The summed E-state index contributed by atoms with van der Waals surface area (Å²) < 4.78 is 57.8. The summed E-state index contributed by atoms with van der Waals surface area (Å²) in [6, 6.07) is 7.47. The molecule has 0 atom stereocenters. The van der Waals surface area contributed by atoms with E-state index in [-0.39, 0.29) is 23.8 Å². The molecule has 0 aliphatic carbocycles. The molecule has 132 valence electrons. The van der Waals surface area contributed by atoms with Gasteiger partial charge in [-0.3, -0.25) is 0 Å². The van der Waals surface area contributed by atoms with Gasteiger partial charge in [-0.25, -0.2) is 17.2 Å². The molecule has 0 fully saturated rings. The molecule has 0 spiro atoms. The summed E-state index contributed by atoms with van der Waals surface area (Å²) in [6.45, 7) is 1.34. The number of hydrogen-bond acceptors (Lipinski definition) is 3. The van der Waals surface area contributed by atoms with Crippen molar-refractivity contribution in [2.75, 3.05) is 13.2 Å². The summed E-state index contributed by atoms with van der Waals surface area (Å²) >= 11 is 5.82. The maximum Gasteiger partial charge on any atom is 0.241 e. The van der Waals surface area contributed by atoms with Crippen molar-refractivity contribution in [1.82, 2.24) is 4.72 Å². The van der Waals surface area contributed by atoms with Crippen molar-refractivity contribution in [3.8, 4) is 17.6 Å². The molecule has 0 aliphatic rings. The normalized spacial score (nSPS) is 10.9. The Morgan fingerprint density at radius 3 is 2.64 bits per heavy atom. The van der Waals surface area contributed by atoms with Crippen LogP contribution in [0.15, 0.2) is 41.3 Å². The number of aryl methyl sites for hydroxylation is 1. The van der Waals surface area contributed by atoms with E-state index in [0.717, 1.165) is 12.1 Å². The molecule has 0 aromatic heterocycles. The summed E-state index contributed by atoms with van der Waals surface area (Å²) in [5.74, 6) is 3.42. The average Bonchev–Trinajstić information content (AvgIpc) is 2.54. The van der Waals surface area contributed by atoms with Crippen LogP contribution in [0.1, 0.15) is 5.56 Å². The van der Waals surface area contributed by atoms with E-state index in [9.17, 15) is 17.2 Å². The molecule has 8 heteroatoms. The zero-order valence-corrected chi connectivity index (χ0v) is 14.7. The van der Waals surface area contributed by atoms with Gasteiger partial charge in [0.15, 0.2) is 11.6 Å². The Kier molecular flexibility index (Phi) is 6.37. The Labute approximate surface area is 149 Å². The quantitative estimate of drug-likeness (QED) is 0.803. The Balaban J connectivity index is 1.90. The smallest absolute Gasteiger partial charge is 0.241 e. The van der Waals surface area contributed by atoms with Gasteiger partial charge in [0.05, 0.1) is 11.4 Å². The molecule has 0 saturated heterocycles. The number of ether oxygens (including phenoxy) is 1. The lowest BCUT2D eigenvalue weighted by Gasteiger charge is -2.07. The van der Waals surface area contributed by atoms with Crippen LogP contribution in [0.25, 0.3) is 0 Å². The van der Waals surface area contributed by atoms with Gasteiger partial charge in [0.25, 0.3) is 0 Å². The summed E-state index contributed by atoms with van der Waals surface area (Å²) in [5, 5.41) is 0.312. The van der Waals surface area contributed by atoms with Crippen molar-refractivity contribution in [2.45, 2.75) is 11.8 Å². The average molecular weight is 386 g/mol. The highest BCUT2D eigenvalue weighted by molar-refractivity contribution is 7.89. The highest BCUT2D eigenvalue weighted by Gasteiger charge is 2.16. The number of hydrogen-bond donors (Lipinski definition) is 1. The van der Waals surface area contributed by atoms with Crippen molar-refractivity contribution < 1.29 is 21.9 Å². The maximum atomic E-state index is 13.3. The molecule has 0 heterocycles.